The number of fused-ring (bicyclic) bond motifs is 1. The summed E-state index contributed by atoms with van der Waals surface area (Å²) in [5.74, 6) is 0.437. The molecule has 0 spiro atoms. The van der Waals surface area contributed by atoms with E-state index in [-0.39, 0.29) is 18.7 Å². The van der Waals surface area contributed by atoms with Crippen LogP contribution in [0.15, 0.2) is 18.2 Å². The van der Waals surface area contributed by atoms with Gasteiger partial charge in [-0.25, -0.2) is 4.79 Å². The third kappa shape index (κ3) is 3.22. The lowest BCUT2D eigenvalue weighted by atomic mass is 10.1. The number of carbonyl (C=O) groups is 1. The van der Waals surface area contributed by atoms with Gasteiger partial charge in [0.25, 0.3) is 0 Å². The Bertz CT molecular complexity index is 410. The molecule has 1 aromatic rings. The molecule has 1 aliphatic carbocycles. The first kappa shape index (κ1) is 12.0. The molecule has 0 amide bonds. The SMILES string of the molecule is CC(C)OC(=O)COc1ccc2c(c1)CCC2. The molecular formula is C14H18O3. The fraction of sp³-hybridized carbons (Fsp3) is 0.500. The zero-order chi connectivity index (χ0) is 12.3. The quantitative estimate of drug-likeness (QED) is 0.751. The molecule has 0 saturated heterocycles. The highest BCUT2D eigenvalue weighted by Gasteiger charge is 2.12. The Hall–Kier alpha value is -1.51. The second-order valence-corrected chi connectivity index (χ2v) is 4.61. The first-order valence-corrected chi connectivity index (χ1v) is 6.09. The molecule has 2 rings (SSSR count). The predicted molar refractivity (Wildman–Crippen MR) is 65.2 cm³/mol. The predicted octanol–water partition coefficient (Wildman–Crippen LogP) is 2.51. The molecule has 3 heteroatoms. The number of rotatable bonds is 4. The van der Waals surface area contributed by atoms with Crippen molar-refractivity contribution in [3.05, 3.63) is 29.3 Å². The van der Waals surface area contributed by atoms with E-state index in [2.05, 4.69) is 6.07 Å². The molecule has 0 saturated carbocycles. The first-order chi connectivity index (χ1) is 8.15. The fourth-order valence-electron chi connectivity index (χ4n) is 2.08. The number of esters is 1. The Morgan fingerprint density at radius 1 is 1.29 bits per heavy atom. The number of hydrogen-bond acceptors (Lipinski definition) is 3. The van der Waals surface area contributed by atoms with Gasteiger partial charge in [-0.15, -0.1) is 0 Å². The van der Waals surface area contributed by atoms with Crippen LogP contribution in [-0.4, -0.2) is 18.7 Å². The molecule has 0 heterocycles. The van der Waals surface area contributed by atoms with Gasteiger partial charge in [0.1, 0.15) is 5.75 Å². The first-order valence-electron chi connectivity index (χ1n) is 6.09. The molecule has 3 nitrogen and oxygen atoms in total. The Morgan fingerprint density at radius 3 is 2.82 bits per heavy atom. The summed E-state index contributed by atoms with van der Waals surface area (Å²) < 4.78 is 10.4. The third-order valence-electron chi connectivity index (χ3n) is 2.79. The number of aryl methyl sites for hydroxylation is 2. The van der Waals surface area contributed by atoms with E-state index in [4.69, 9.17) is 9.47 Å². The van der Waals surface area contributed by atoms with Crippen LogP contribution in [0.3, 0.4) is 0 Å². The zero-order valence-electron chi connectivity index (χ0n) is 10.4. The summed E-state index contributed by atoms with van der Waals surface area (Å²) in [6.45, 7) is 3.64. The number of benzene rings is 1. The van der Waals surface area contributed by atoms with Gasteiger partial charge >= 0.3 is 5.97 Å². The summed E-state index contributed by atoms with van der Waals surface area (Å²) in [6, 6.07) is 6.04. The molecule has 1 aliphatic rings. The Balaban J connectivity index is 1.89. The lowest BCUT2D eigenvalue weighted by Gasteiger charge is -2.10. The lowest BCUT2D eigenvalue weighted by molar-refractivity contribution is -0.149. The van der Waals surface area contributed by atoms with Gasteiger partial charge in [-0.3, -0.25) is 0 Å². The maximum Gasteiger partial charge on any atom is 0.344 e. The van der Waals surface area contributed by atoms with Gasteiger partial charge in [0.05, 0.1) is 6.10 Å². The van der Waals surface area contributed by atoms with E-state index in [0.29, 0.717) is 0 Å². The van der Waals surface area contributed by atoms with E-state index in [0.717, 1.165) is 18.6 Å². The van der Waals surface area contributed by atoms with Crippen LogP contribution in [0.1, 0.15) is 31.4 Å². The molecule has 0 aromatic heterocycles. The average molecular weight is 234 g/mol. The smallest absolute Gasteiger partial charge is 0.344 e. The molecule has 0 atom stereocenters. The molecule has 0 aliphatic heterocycles. The van der Waals surface area contributed by atoms with E-state index in [1.807, 2.05) is 26.0 Å². The van der Waals surface area contributed by atoms with E-state index in [1.54, 1.807) is 0 Å². The summed E-state index contributed by atoms with van der Waals surface area (Å²) in [4.78, 5) is 11.3. The van der Waals surface area contributed by atoms with Crippen molar-refractivity contribution < 1.29 is 14.3 Å². The second-order valence-electron chi connectivity index (χ2n) is 4.61. The van der Waals surface area contributed by atoms with Crippen LogP contribution < -0.4 is 4.74 Å². The van der Waals surface area contributed by atoms with Gasteiger partial charge in [-0.1, -0.05) is 6.07 Å². The molecule has 92 valence electrons. The van der Waals surface area contributed by atoms with Crippen LogP contribution in [0, 0.1) is 0 Å². The number of carbonyl (C=O) groups excluding carboxylic acids is 1. The van der Waals surface area contributed by atoms with Crippen molar-refractivity contribution in [3.63, 3.8) is 0 Å². The molecule has 0 unspecified atom stereocenters. The van der Waals surface area contributed by atoms with Gasteiger partial charge in [0.2, 0.25) is 0 Å². The maximum absolute atomic E-state index is 11.3. The van der Waals surface area contributed by atoms with Crippen LogP contribution in [0.25, 0.3) is 0 Å². The standard InChI is InChI=1S/C14H18O3/c1-10(2)17-14(15)9-16-13-7-6-11-4-3-5-12(11)8-13/h6-8,10H,3-5,9H2,1-2H3. The minimum Gasteiger partial charge on any atom is -0.482 e. The maximum atomic E-state index is 11.3. The van der Waals surface area contributed by atoms with Gasteiger partial charge in [0, 0.05) is 0 Å². The van der Waals surface area contributed by atoms with Crippen molar-refractivity contribution in [2.45, 2.75) is 39.2 Å². The van der Waals surface area contributed by atoms with Gasteiger partial charge in [-0.2, -0.15) is 0 Å². The van der Waals surface area contributed by atoms with Gasteiger partial charge in [-0.05, 0) is 56.4 Å². The summed E-state index contributed by atoms with van der Waals surface area (Å²) in [5, 5.41) is 0. The summed E-state index contributed by atoms with van der Waals surface area (Å²) in [6.07, 6.45) is 3.40. The third-order valence-corrected chi connectivity index (χ3v) is 2.79. The minimum absolute atomic E-state index is 0.0169. The summed E-state index contributed by atoms with van der Waals surface area (Å²) >= 11 is 0. The van der Waals surface area contributed by atoms with E-state index in [1.165, 1.54) is 17.5 Å². The summed E-state index contributed by atoms with van der Waals surface area (Å²) in [7, 11) is 0. The van der Waals surface area contributed by atoms with Crippen molar-refractivity contribution in [3.8, 4) is 5.75 Å². The highest BCUT2D eigenvalue weighted by Crippen LogP contribution is 2.25. The van der Waals surface area contributed by atoms with Crippen LogP contribution in [-0.2, 0) is 22.4 Å². The van der Waals surface area contributed by atoms with E-state index >= 15 is 0 Å². The Morgan fingerprint density at radius 2 is 2.06 bits per heavy atom. The fourth-order valence-corrected chi connectivity index (χ4v) is 2.08. The van der Waals surface area contributed by atoms with Crippen LogP contribution >= 0.6 is 0 Å². The molecule has 0 N–H and O–H groups in total. The molecular weight excluding hydrogens is 216 g/mol. The Labute approximate surface area is 102 Å². The highest BCUT2D eigenvalue weighted by atomic mass is 16.6. The Kier molecular flexibility index (Phi) is 3.67. The number of hydrogen-bond donors (Lipinski definition) is 0. The zero-order valence-corrected chi connectivity index (χ0v) is 10.4. The van der Waals surface area contributed by atoms with Crippen LogP contribution in [0.5, 0.6) is 5.75 Å². The van der Waals surface area contributed by atoms with Crippen LogP contribution in [0.2, 0.25) is 0 Å². The molecule has 0 bridgehead atoms. The van der Waals surface area contributed by atoms with Gasteiger partial charge < -0.3 is 9.47 Å². The normalized spacial score (nSPS) is 13.6. The lowest BCUT2D eigenvalue weighted by Crippen LogP contribution is -2.18. The average Bonchev–Trinajstić information content (AvgIpc) is 2.72. The monoisotopic (exact) mass is 234 g/mol. The van der Waals surface area contributed by atoms with Crippen molar-refractivity contribution in [2.75, 3.05) is 6.61 Å². The van der Waals surface area contributed by atoms with E-state index < -0.39 is 0 Å². The minimum atomic E-state index is -0.319. The summed E-state index contributed by atoms with van der Waals surface area (Å²) in [5.41, 5.74) is 2.75. The largest absolute Gasteiger partial charge is 0.482 e. The molecule has 0 fully saturated rings. The van der Waals surface area contributed by atoms with Crippen molar-refractivity contribution >= 4 is 5.97 Å². The second kappa shape index (κ2) is 5.21. The van der Waals surface area contributed by atoms with Crippen molar-refractivity contribution in [2.24, 2.45) is 0 Å². The van der Waals surface area contributed by atoms with Crippen molar-refractivity contribution in [1.82, 2.24) is 0 Å². The highest BCUT2D eigenvalue weighted by molar-refractivity contribution is 5.71. The van der Waals surface area contributed by atoms with Gasteiger partial charge in [0.15, 0.2) is 6.61 Å². The molecule has 0 radical (unpaired) electrons. The molecule has 17 heavy (non-hydrogen) atoms. The van der Waals surface area contributed by atoms with Crippen LogP contribution in [0.4, 0.5) is 0 Å². The van der Waals surface area contributed by atoms with E-state index in [9.17, 15) is 4.79 Å². The van der Waals surface area contributed by atoms with Crippen molar-refractivity contribution in [1.29, 1.82) is 0 Å². The molecule has 1 aromatic carbocycles. The number of ether oxygens (including phenoxy) is 2. The topological polar surface area (TPSA) is 35.5 Å².